The normalized spacial score (nSPS) is 18.8. The van der Waals surface area contributed by atoms with Crippen LogP contribution in [0.2, 0.25) is 0 Å². The molecule has 5 heteroatoms. The van der Waals surface area contributed by atoms with Crippen molar-refractivity contribution in [3.63, 3.8) is 0 Å². The van der Waals surface area contributed by atoms with E-state index in [1.165, 1.54) is 12.8 Å². The summed E-state index contributed by atoms with van der Waals surface area (Å²) in [5.41, 5.74) is -0.455. The van der Waals surface area contributed by atoms with Crippen LogP contribution in [0.25, 0.3) is 0 Å². The Morgan fingerprint density at radius 2 is 2.00 bits per heavy atom. The summed E-state index contributed by atoms with van der Waals surface area (Å²) in [6.45, 7) is 8.99. The predicted octanol–water partition coefficient (Wildman–Crippen LogP) is 1.91. The van der Waals surface area contributed by atoms with Crippen LogP contribution in [0.5, 0.6) is 0 Å². The molecule has 0 spiro atoms. The van der Waals surface area contributed by atoms with Gasteiger partial charge in [0.1, 0.15) is 5.60 Å². The summed E-state index contributed by atoms with van der Waals surface area (Å²) in [5, 5.41) is 6.28. The largest absolute Gasteiger partial charge is 0.444 e. The van der Waals surface area contributed by atoms with Gasteiger partial charge in [-0.3, -0.25) is 0 Å². The van der Waals surface area contributed by atoms with Crippen molar-refractivity contribution in [2.75, 3.05) is 20.3 Å². The van der Waals surface area contributed by atoms with E-state index in [1.54, 1.807) is 7.11 Å². The summed E-state index contributed by atoms with van der Waals surface area (Å²) in [4.78, 5) is 11.6. The van der Waals surface area contributed by atoms with E-state index in [0.29, 0.717) is 6.04 Å². The van der Waals surface area contributed by atoms with Gasteiger partial charge in [-0.1, -0.05) is 0 Å². The molecule has 112 valence electrons. The minimum absolute atomic E-state index is 0.0351. The van der Waals surface area contributed by atoms with E-state index >= 15 is 0 Å². The van der Waals surface area contributed by atoms with Crippen LogP contribution in [0, 0.1) is 5.92 Å². The second-order valence-electron chi connectivity index (χ2n) is 6.35. The summed E-state index contributed by atoms with van der Waals surface area (Å²) in [6, 6.07) is 0.431. The lowest BCUT2D eigenvalue weighted by Gasteiger charge is -2.24. The summed E-state index contributed by atoms with van der Waals surface area (Å²) in [5.74, 6) is 0.730. The molecule has 1 fully saturated rings. The van der Waals surface area contributed by atoms with Crippen molar-refractivity contribution in [1.82, 2.24) is 10.6 Å². The first kappa shape index (κ1) is 16.2. The van der Waals surface area contributed by atoms with Gasteiger partial charge in [0.15, 0.2) is 0 Å². The first-order valence-corrected chi connectivity index (χ1v) is 7.03. The Bertz CT molecular complexity index is 285. The van der Waals surface area contributed by atoms with Gasteiger partial charge >= 0.3 is 6.09 Å². The molecule has 1 rings (SSSR count). The first-order chi connectivity index (χ1) is 8.81. The lowest BCUT2D eigenvalue weighted by molar-refractivity contribution is 0.0506. The zero-order valence-corrected chi connectivity index (χ0v) is 12.8. The summed E-state index contributed by atoms with van der Waals surface area (Å²) < 4.78 is 10.4. The fraction of sp³-hybridized carbons (Fsp3) is 0.929. The highest BCUT2D eigenvalue weighted by atomic mass is 16.6. The van der Waals surface area contributed by atoms with Crippen molar-refractivity contribution >= 4 is 6.09 Å². The summed E-state index contributed by atoms with van der Waals surface area (Å²) >= 11 is 0. The van der Waals surface area contributed by atoms with Crippen LogP contribution >= 0.6 is 0 Å². The Morgan fingerprint density at radius 1 is 1.37 bits per heavy atom. The lowest BCUT2D eigenvalue weighted by atomic mass is 10.2. The van der Waals surface area contributed by atoms with Crippen molar-refractivity contribution in [3.8, 4) is 0 Å². The third kappa shape index (κ3) is 7.38. The SMILES string of the molecule is COCC(NCC(C)NC(=O)OC(C)(C)C)C1CC1. The van der Waals surface area contributed by atoms with E-state index in [0.717, 1.165) is 19.1 Å². The number of hydrogen-bond donors (Lipinski definition) is 2. The zero-order chi connectivity index (χ0) is 14.5. The predicted molar refractivity (Wildman–Crippen MR) is 75.2 cm³/mol. The molecule has 2 N–H and O–H groups in total. The molecular formula is C14H28N2O3. The van der Waals surface area contributed by atoms with Crippen LogP contribution in [-0.2, 0) is 9.47 Å². The van der Waals surface area contributed by atoms with E-state index in [2.05, 4.69) is 10.6 Å². The molecule has 1 amide bonds. The highest BCUT2D eigenvalue weighted by Gasteiger charge is 2.31. The van der Waals surface area contributed by atoms with Gasteiger partial charge < -0.3 is 20.1 Å². The maximum absolute atomic E-state index is 11.6. The number of nitrogens with one attached hydrogen (secondary N) is 2. The standard InChI is InChI=1S/C14H28N2O3/c1-10(16-13(17)19-14(2,3)4)8-15-12(9-18-5)11-6-7-11/h10-12,15H,6-9H2,1-5H3,(H,16,17). The molecule has 0 heterocycles. The van der Waals surface area contributed by atoms with Gasteiger partial charge in [-0.2, -0.15) is 0 Å². The topological polar surface area (TPSA) is 59.6 Å². The summed E-state index contributed by atoms with van der Waals surface area (Å²) in [6.07, 6.45) is 2.18. The van der Waals surface area contributed by atoms with Gasteiger partial charge in [-0.25, -0.2) is 4.79 Å². The Labute approximate surface area is 116 Å². The molecule has 0 bridgehead atoms. The Morgan fingerprint density at radius 3 is 2.47 bits per heavy atom. The molecule has 1 aliphatic carbocycles. The molecule has 2 atom stereocenters. The van der Waals surface area contributed by atoms with Crippen LogP contribution < -0.4 is 10.6 Å². The third-order valence-electron chi connectivity index (χ3n) is 2.99. The van der Waals surface area contributed by atoms with Gasteiger partial charge in [-0.05, 0) is 46.5 Å². The van der Waals surface area contributed by atoms with Crippen molar-refractivity contribution in [1.29, 1.82) is 0 Å². The second kappa shape index (κ2) is 7.10. The number of methoxy groups -OCH3 is 1. The van der Waals surface area contributed by atoms with Crippen LogP contribution in [-0.4, -0.2) is 44.0 Å². The molecule has 0 radical (unpaired) electrons. The number of rotatable bonds is 7. The summed E-state index contributed by atoms with van der Waals surface area (Å²) in [7, 11) is 1.72. The number of carbonyl (C=O) groups is 1. The average Bonchev–Trinajstić information content (AvgIpc) is 3.04. The van der Waals surface area contributed by atoms with Gasteiger partial charge in [-0.15, -0.1) is 0 Å². The van der Waals surface area contributed by atoms with Gasteiger partial charge in [0.2, 0.25) is 0 Å². The molecule has 1 aliphatic rings. The molecule has 5 nitrogen and oxygen atoms in total. The van der Waals surface area contributed by atoms with Crippen LogP contribution in [0.3, 0.4) is 0 Å². The van der Waals surface area contributed by atoms with Crippen LogP contribution in [0.4, 0.5) is 4.79 Å². The van der Waals surface area contributed by atoms with Crippen LogP contribution in [0.15, 0.2) is 0 Å². The van der Waals surface area contributed by atoms with Gasteiger partial charge in [0.05, 0.1) is 6.61 Å². The van der Waals surface area contributed by atoms with Crippen molar-refractivity contribution in [2.45, 2.75) is 58.2 Å². The minimum atomic E-state index is -0.455. The highest BCUT2D eigenvalue weighted by molar-refractivity contribution is 5.68. The number of hydrogen-bond acceptors (Lipinski definition) is 4. The molecular weight excluding hydrogens is 244 g/mol. The van der Waals surface area contributed by atoms with E-state index in [-0.39, 0.29) is 12.1 Å². The second-order valence-corrected chi connectivity index (χ2v) is 6.35. The lowest BCUT2D eigenvalue weighted by Crippen LogP contribution is -2.46. The molecule has 0 aromatic heterocycles. The molecule has 0 aromatic carbocycles. The molecule has 0 aromatic rings. The molecule has 0 saturated heterocycles. The number of carbonyl (C=O) groups excluding carboxylic acids is 1. The highest BCUT2D eigenvalue weighted by Crippen LogP contribution is 2.32. The monoisotopic (exact) mass is 272 g/mol. The molecule has 0 aliphatic heterocycles. The van der Waals surface area contributed by atoms with E-state index < -0.39 is 5.60 Å². The van der Waals surface area contributed by atoms with Gasteiger partial charge in [0, 0.05) is 25.7 Å². The Balaban J connectivity index is 2.22. The maximum Gasteiger partial charge on any atom is 0.407 e. The minimum Gasteiger partial charge on any atom is -0.444 e. The Hall–Kier alpha value is -0.810. The van der Waals surface area contributed by atoms with E-state index in [9.17, 15) is 4.79 Å². The zero-order valence-electron chi connectivity index (χ0n) is 12.8. The van der Waals surface area contributed by atoms with E-state index in [4.69, 9.17) is 9.47 Å². The third-order valence-corrected chi connectivity index (χ3v) is 2.99. The van der Waals surface area contributed by atoms with E-state index in [1.807, 2.05) is 27.7 Å². The van der Waals surface area contributed by atoms with Crippen molar-refractivity contribution < 1.29 is 14.3 Å². The number of ether oxygens (including phenoxy) is 2. The molecule has 19 heavy (non-hydrogen) atoms. The van der Waals surface area contributed by atoms with Crippen molar-refractivity contribution in [3.05, 3.63) is 0 Å². The Kier molecular flexibility index (Phi) is 6.07. The number of alkyl carbamates (subject to hydrolysis) is 1. The molecule has 1 saturated carbocycles. The first-order valence-electron chi connectivity index (χ1n) is 7.03. The van der Waals surface area contributed by atoms with Gasteiger partial charge in [0.25, 0.3) is 0 Å². The molecule has 2 unspecified atom stereocenters. The van der Waals surface area contributed by atoms with Crippen LogP contribution in [0.1, 0.15) is 40.5 Å². The van der Waals surface area contributed by atoms with Crippen molar-refractivity contribution in [2.24, 2.45) is 5.92 Å². The average molecular weight is 272 g/mol. The quantitative estimate of drug-likeness (QED) is 0.743. The fourth-order valence-corrected chi connectivity index (χ4v) is 1.93. The smallest absolute Gasteiger partial charge is 0.407 e. The fourth-order valence-electron chi connectivity index (χ4n) is 1.93. The maximum atomic E-state index is 11.6. The number of amides is 1.